The predicted molar refractivity (Wildman–Crippen MR) is 59.1 cm³/mol. The highest BCUT2D eigenvalue weighted by Gasteiger charge is 2.20. The highest BCUT2D eigenvalue weighted by Crippen LogP contribution is 2.15. The number of methoxy groups -OCH3 is 1. The Bertz CT molecular complexity index is 381. The standard InChI is InChI=1S/C11H17N3O2/c1-13-7-9(11(15)16-2)10(12-13)8-14-5-3-4-6-14/h7H,3-6,8H2,1-2H3. The Balaban J connectivity index is 2.15. The van der Waals surface area contributed by atoms with Crippen LogP contribution in [0.25, 0.3) is 0 Å². The highest BCUT2D eigenvalue weighted by molar-refractivity contribution is 5.90. The number of ether oxygens (including phenoxy) is 1. The van der Waals surface area contributed by atoms with Gasteiger partial charge in [0.05, 0.1) is 12.8 Å². The fraction of sp³-hybridized carbons (Fsp3) is 0.636. The van der Waals surface area contributed by atoms with Crippen LogP contribution in [-0.4, -0.2) is 40.8 Å². The number of esters is 1. The number of aryl methyl sites for hydroxylation is 1. The van der Waals surface area contributed by atoms with Crippen molar-refractivity contribution in [1.29, 1.82) is 0 Å². The van der Waals surface area contributed by atoms with Crippen LogP contribution in [0, 0.1) is 0 Å². The molecule has 16 heavy (non-hydrogen) atoms. The second-order valence-electron chi connectivity index (χ2n) is 4.14. The van der Waals surface area contributed by atoms with Crippen LogP contribution in [0.2, 0.25) is 0 Å². The fourth-order valence-electron chi connectivity index (χ4n) is 2.08. The van der Waals surface area contributed by atoms with Crippen molar-refractivity contribution < 1.29 is 9.53 Å². The van der Waals surface area contributed by atoms with E-state index in [4.69, 9.17) is 4.74 Å². The number of hydrogen-bond donors (Lipinski definition) is 0. The molecule has 0 spiro atoms. The lowest BCUT2D eigenvalue weighted by Crippen LogP contribution is -2.20. The molecule has 1 aliphatic rings. The van der Waals surface area contributed by atoms with E-state index in [0.29, 0.717) is 5.56 Å². The maximum absolute atomic E-state index is 11.5. The molecule has 5 nitrogen and oxygen atoms in total. The van der Waals surface area contributed by atoms with Crippen LogP contribution in [0.3, 0.4) is 0 Å². The quantitative estimate of drug-likeness (QED) is 0.711. The van der Waals surface area contributed by atoms with Gasteiger partial charge < -0.3 is 4.74 Å². The molecule has 2 heterocycles. The molecular weight excluding hydrogens is 206 g/mol. The maximum Gasteiger partial charge on any atom is 0.341 e. The molecule has 0 amide bonds. The molecule has 0 aromatic carbocycles. The zero-order valence-corrected chi connectivity index (χ0v) is 9.77. The van der Waals surface area contributed by atoms with Gasteiger partial charge >= 0.3 is 5.97 Å². The first-order chi connectivity index (χ1) is 7.70. The Morgan fingerprint density at radius 2 is 2.19 bits per heavy atom. The summed E-state index contributed by atoms with van der Waals surface area (Å²) in [6, 6.07) is 0. The van der Waals surface area contributed by atoms with E-state index in [2.05, 4.69) is 10.00 Å². The van der Waals surface area contributed by atoms with Gasteiger partial charge in [-0.1, -0.05) is 0 Å². The van der Waals surface area contributed by atoms with E-state index in [1.54, 1.807) is 10.9 Å². The van der Waals surface area contributed by atoms with Gasteiger partial charge in [-0.15, -0.1) is 0 Å². The molecule has 0 radical (unpaired) electrons. The molecule has 1 fully saturated rings. The number of aromatic nitrogens is 2. The van der Waals surface area contributed by atoms with Crippen molar-refractivity contribution in [3.8, 4) is 0 Å². The summed E-state index contributed by atoms with van der Waals surface area (Å²) >= 11 is 0. The van der Waals surface area contributed by atoms with Crippen LogP contribution in [0.1, 0.15) is 28.9 Å². The summed E-state index contributed by atoms with van der Waals surface area (Å²) in [5.74, 6) is -0.303. The number of carbonyl (C=O) groups is 1. The summed E-state index contributed by atoms with van der Waals surface area (Å²) in [4.78, 5) is 13.8. The summed E-state index contributed by atoms with van der Waals surface area (Å²) in [6.45, 7) is 2.93. The van der Waals surface area contributed by atoms with E-state index < -0.39 is 0 Å². The van der Waals surface area contributed by atoms with Gasteiger partial charge in [0.1, 0.15) is 5.56 Å². The summed E-state index contributed by atoms with van der Waals surface area (Å²) in [5.41, 5.74) is 1.40. The molecule has 1 aliphatic heterocycles. The Kier molecular flexibility index (Phi) is 3.24. The maximum atomic E-state index is 11.5. The molecule has 0 N–H and O–H groups in total. The molecule has 1 saturated heterocycles. The summed E-state index contributed by atoms with van der Waals surface area (Å²) < 4.78 is 6.41. The molecule has 0 unspecified atom stereocenters. The molecule has 88 valence electrons. The first-order valence-corrected chi connectivity index (χ1v) is 5.54. The summed E-state index contributed by atoms with van der Waals surface area (Å²) in [5, 5.41) is 4.32. The Hall–Kier alpha value is -1.36. The molecular formula is C11H17N3O2. The number of hydrogen-bond acceptors (Lipinski definition) is 4. The van der Waals surface area contributed by atoms with E-state index in [1.165, 1.54) is 20.0 Å². The molecule has 1 aromatic rings. The smallest absolute Gasteiger partial charge is 0.341 e. The van der Waals surface area contributed by atoms with Crippen molar-refractivity contribution in [2.24, 2.45) is 7.05 Å². The monoisotopic (exact) mass is 223 g/mol. The van der Waals surface area contributed by atoms with E-state index in [-0.39, 0.29) is 5.97 Å². The van der Waals surface area contributed by atoms with Gasteiger partial charge in [-0.05, 0) is 25.9 Å². The van der Waals surface area contributed by atoms with Gasteiger partial charge in [-0.3, -0.25) is 9.58 Å². The molecule has 5 heteroatoms. The van der Waals surface area contributed by atoms with Gasteiger partial charge in [-0.2, -0.15) is 5.10 Å². The average Bonchev–Trinajstić information content (AvgIpc) is 2.88. The number of likely N-dealkylation sites (tertiary alicyclic amines) is 1. The van der Waals surface area contributed by atoms with Gasteiger partial charge in [-0.25, -0.2) is 4.79 Å². The molecule has 0 aliphatic carbocycles. The first kappa shape index (κ1) is 11.1. The van der Waals surface area contributed by atoms with Crippen LogP contribution < -0.4 is 0 Å². The number of carbonyl (C=O) groups excluding carboxylic acids is 1. The summed E-state index contributed by atoms with van der Waals surface area (Å²) in [6.07, 6.45) is 4.19. The lowest BCUT2D eigenvalue weighted by Gasteiger charge is -2.12. The van der Waals surface area contributed by atoms with E-state index >= 15 is 0 Å². The third-order valence-corrected chi connectivity index (χ3v) is 2.88. The van der Waals surface area contributed by atoms with Crippen molar-refractivity contribution in [1.82, 2.24) is 14.7 Å². The van der Waals surface area contributed by atoms with E-state index in [9.17, 15) is 4.79 Å². The third-order valence-electron chi connectivity index (χ3n) is 2.88. The minimum absolute atomic E-state index is 0.303. The Labute approximate surface area is 95.0 Å². The van der Waals surface area contributed by atoms with Crippen molar-refractivity contribution in [3.05, 3.63) is 17.5 Å². The van der Waals surface area contributed by atoms with Crippen LogP contribution in [0.5, 0.6) is 0 Å². The normalized spacial score (nSPS) is 16.6. The Morgan fingerprint density at radius 3 is 2.81 bits per heavy atom. The van der Waals surface area contributed by atoms with Crippen molar-refractivity contribution >= 4 is 5.97 Å². The lowest BCUT2D eigenvalue weighted by atomic mass is 10.2. The summed E-state index contributed by atoms with van der Waals surface area (Å²) in [7, 11) is 3.22. The Morgan fingerprint density at radius 1 is 1.50 bits per heavy atom. The van der Waals surface area contributed by atoms with Crippen LogP contribution in [0.4, 0.5) is 0 Å². The van der Waals surface area contributed by atoms with Gasteiger partial charge in [0.15, 0.2) is 0 Å². The van der Waals surface area contributed by atoms with E-state index in [1.807, 2.05) is 7.05 Å². The van der Waals surface area contributed by atoms with Crippen molar-refractivity contribution in [3.63, 3.8) is 0 Å². The van der Waals surface area contributed by atoms with Crippen LogP contribution >= 0.6 is 0 Å². The average molecular weight is 223 g/mol. The van der Waals surface area contributed by atoms with E-state index in [0.717, 1.165) is 25.3 Å². The zero-order chi connectivity index (χ0) is 11.5. The first-order valence-electron chi connectivity index (χ1n) is 5.54. The highest BCUT2D eigenvalue weighted by atomic mass is 16.5. The van der Waals surface area contributed by atoms with Gasteiger partial charge in [0.2, 0.25) is 0 Å². The largest absolute Gasteiger partial charge is 0.465 e. The molecule has 0 atom stereocenters. The fourth-order valence-corrected chi connectivity index (χ4v) is 2.08. The number of rotatable bonds is 3. The topological polar surface area (TPSA) is 47.4 Å². The minimum atomic E-state index is -0.303. The zero-order valence-electron chi connectivity index (χ0n) is 9.77. The van der Waals surface area contributed by atoms with Gasteiger partial charge in [0, 0.05) is 19.8 Å². The molecule has 2 rings (SSSR count). The van der Waals surface area contributed by atoms with Crippen molar-refractivity contribution in [2.75, 3.05) is 20.2 Å². The van der Waals surface area contributed by atoms with Crippen LogP contribution in [-0.2, 0) is 18.3 Å². The van der Waals surface area contributed by atoms with Crippen molar-refractivity contribution in [2.45, 2.75) is 19.4 Å². The third kappa shape index (κ3) is 2.24. The number of nitrogens with zero attached hydrogens (tertiary/aromatic N) is 3. The lowest BCUT2D eigenvalue weighted by molar-refractivity contribution is 0.0598. The SMILES string of the molecule is COC(=O)c1cn(C)nc1CN1CCCC1. The second kappa shape index (κ2) is 4.65. The van der Waals surface area contributed by atoms with Crippen LogP contribution in [0.15, 0.2) is 6.20 Å². The molecule has 0 bridgehead atoms. The molecule has 1 aromatic heterocycles. The van der Waals surface area contributed by atoms with Gasteiger partial charge in [0.25, 0.3) is 0 Å². The predicted octanol–water partition coefficient (Wildman–Crippen LogP) is 0.802. The second-order valence-corrected chi connectivity index (χ2v) is 4.14. The molecule has 0 saturated carbocycles. The minimum Gasteiger partial charge on any atom is -0.465 e.